The zero-order valence-corrected chi connectivity index (χ0v) is 11.5. The lowest BCUT2D eigenvalue weighted by Gasteiger charge is -2.15. The lowest BCUT2D eigenvalue weighted by Crippen LogP contribution is -2.40. The van der Waals surface area contributed by atoms with Gasteiger partial charge in [0.25, 0.3) is 0 Å². The van der Waals surface area contributed by atoms with Crippen molar-refractivity contribution in [1.29, 1.82) is 0 Å². The maximum atomic E-state index is 12.9. The highest BCUT2D eigenvalue weighted by Crippen LogP contribution is 2.17. The molecule has 1 aromatic carbocycles. The number of carboxylic acids is 1. The van der Waals surface area contributed by atoms with E-state index in [1.807, 2.05) is 0 Å². The van der Waals surface area contributed by atoms with E-state index in [2.05, 4.69) is 4.72 Å². The van der Waals surface area contributed by atoms with Gasteiger partial charge in [0.2, 0.25) is 10.0 Å². The molecule has 19 heavy (non-hydrogen) atoms. The second-order valence-electron chi connectivity index (χ2n) is 4.21. The largest absolute Gasteiger partial charge is 0.480 e. The molecule has 0 saturated heterocycles. The van der Waals surface area contributed by atoms with Crippen molar-refractivity contribution in [2.75, 3.05) is 0 Å². The summed E-state index contributed by atoms with van der Waals surface area (Å²) in [6.45, 7) is 3.21. The highest BCUT2D eigenvalue weighted by Gasteiger charge is 2.25. The average molecular weight is 289 g/mol. The first kappa shape index (κ1) is 15.6. The molecule has 2 N–H and O–H groups in total. The Hall–Kier alpha value is -1.47. The average Bonchev–Trinajstić information content (AvgIpc) is 2.27. The molecule has 1 atom stereocenters. The Morgan fingerprint density at radius 2 is 2.11 bits per heavy atom. The fourth-order valence-electron chi connectivity index (χ4n) is 1.69. The second kappa shape index (κ2) is 6.12. The SMILES string of the molecule is CCC[C@H](NS(=O)(=O)c1ccc(F)cc1C)C(=O)O. The third-order valence-electron chi connectivity index (χ3n) is 2.60. The van der Waals surface area contributed by atoms with Crippen LogP contribution in [-0.2, 0) is 14.8 Å². The molecule has 0 spiro atoms. The monoisotopic (exact) mass is 289 g/mol. The summed E-state index contributed by atoms with van der Waals surface area (Å²) < 4.78 is 39.2. The Kier molecular flexibility index (Phi) is 5.02. The number of sulfonamides is 1. The third kappa shape index (κ3) is 4.00. The molecule has 7 heteroatoms. The summed E-state index contributed by atoms with van der Waals surface area (Å²) in [5, 5.41) is 8.94. The van der Waals surface area contributed by atoms with Crippen molar-refractivity contribution in [3.05, 3.63) is 29.6 Å². The molecule has 0 heterocycles. The van der Waals surface area contributed by atoms with Crippen LogP contribution < -0.4 is 4.72 Å². The molecule has 0 fully saturated rings. The fraction of sp³-hybridized carbons (Fsp3) is 0.417. The smallest absolute Gasteiger partial charge is 0.321 e. The number of hydrogen-bond acceptors (Lipinski definition) is 3. The minimum Gasteiger partial charge on any atom is -0.480 e. The number of nitrogens with one attached hydrogen (secondary N) is 1. The number of benzene rings is 1. The highest BCUT2D eigenvalue weighted by atomic mass is 32.2. The molecule has 106 valence electrons. The molecule has 0 aliphatic rings. The molecular formula is C12H16FNO4S. The Morgan fingerprint density at radius 1 is 1.47 bits per heavy atom. The fourth-order valence-corrected chi connectivity index (χ4v) is 3.14. The normalized spacial score (nSPS) is 13.2. The summed E-state index contributed by atoms with van der Waals surface area (Å²) in [6, 6.07) is 2.05. The lowest BCUT2D eigenvalue weighted by molar-refractivity contribution is -0.139. The van der Waals surface area contributed by atoms with Gasteiger partial charge in [-0.05, 0) is 37.1 Å². The van der Waals surface area contributed by atoms with Gasteiger partial charge in [0.15, 0.2) is 0 Å². The Morgan fingerprint density at radius 3 is 2.58 bits per heavy atom. The van der Waals surface area contributed by atoms with E-state index in [1.54, 1.807) is 6.92 Å². The van der Waals surface area contributed by atoms with Gasteiger partial charge in [-0.15, -0.1) is 0 Å². The molecule has 0 aliphatic heterocycles. The van der Waals surface area contributed by atoms with Crippen LogP contribution in [0.4, 0.5) is 4.39 Å². The first-order chi connectivity index (χ1) is 8.77. The van der Waals surface area contributed by atoms with Crippen molar-refractivity contribution in [2.24, 2.45) is 0 Å². The van der Waals surface area contributed by atoms with Crippen LogP contribution in [0.2, 0.25) is 0 Å². The number of rotatable bonds is 6. The van der Waals surface area contributed by atoms with Crippen LogP contribution in [0.25, 0.3) is 0 Å². The minimum atomic E-state index is -3.97. The van der Waals surface area contributed by atoms with Gasteiger partial charge in [-0.2, -0.15) is 4.72 Å². The quantitative estimate of drug-likeness (QED) is 0.834. The van der Waals surface area contributed by atoms with Crippen LogP contribution in [0.15, 0.2) is 23.1 Å². The molecule has 0 amide bonds. The number of hydrogen-bond donors (Lipinski definition) is 2. The maximum Gasteiger partial charge on any atom is 0.321 e. The van der Waals surface area contributed by atoms with Gasteiger partial charge < -0.3 is 5.11 Å². The molecule has 5 nitrogen and oxygen atoms in total. The van der Waals surface area contributed by atoms with Crippen molar-refractivity contribution < 1.29 is 22.7 Å². The summed E-state index contributed by atoms with van der Waals surface area (Å²) >= 11 is 0. The van der Waals surface area contributed by atoms with Gasteiger partial charge >= 0.3 is 5.97 Å². The van der Waals surface area contributed by atoms with E-state index in [0.29, 0.717) is 6.42 Å². The molecule has 0 saturated carbocycles. The zero-order valence-electron chi connectivity index (χ0n) is 10.7. The molecule has 0 aromatic heterocycles. The summed E-state index contributed by atoms with van der Waals surface area (Å²) in [6.07, 6.45) is 0.719. The first-order valence-corrected chi connectivity index (χ1v) is 7.27. The van der Waals surface area contributed by atoms with E-state index >= 15 is 0 Å². The van der Waals surface area contributed by atoms with Crippen molar-refractivity contribution in [2.45, 2.75) is 37.6 Å². The van der Waals surface area contributed by atoms with Gasteiger partial charge in [-0.1, -0.05) is 13.3 Å². The number of aliphatic carboxylic acids is 1. The van der Waals surface area contributed by atoms with Gasteiger partial charge in [0, 0.05) is 0 Å². The van der Waals surface area contributed by atoms with E-state index < -0.39 is 27.9 Å². The third-order valence-corrected chi connectivity index (χ3v) is 4.23. The number of aryl methyl sites for hydroxylation is 1. The van der Waals surface area contributed by atoms with Crippen molar-refractivity contribution in [1.82, 2.24) is 4.72 Å². The molecular weight excluding hydrogens is 273 g/mol. The van der Waals surface area contributed by atoms with E-state index in [-0.39, 0.29) is 16.9 Å². The lowest BCUT2D eigenvalue weighted by atomic mass is 10.2. The summed E-state index contributed by atoms with van der Waals surface area (Å²) in [4.78, 5) is 10.8. The van der Waals surface area contributed by atoms with Crippen LogP contribution in [-0.4, -0.2) is 25.5 Å². The predicted octanol–water partition coefficient (Wildman–Crippen LogP) is 1.67. The predicted molar refractivity (Wildman–Crippen MR) is 67.8 cm³/mol. The second-order valence-corrected chi connectivity index (χ2v) is 5.89. The standard InChI is InChI=1S/C12H16FNO4S/c1-3-4-10(12(15)16)14-19(17,18)11-6-5-9(13)7-8(11)2/h5-7,10,14H,3-4H2,1-2H3,(H,15,16)/t10-/m0/s1. The summed E-state index contributed by atoms with van der Waals surface area (Å²) in [7, 11) is -3.97. The van der Waals surface area contributed by atoms with Crippen molar-refractivity contribution in [3.8, 4) is 0 Å². The topological polar surface area (TPSA) is 83.5 Å². The van der Waals surface area contributed by atoms with E-state index in [0.717, 1.165) is 18.2 Å². The van der Waals surface area contributed by atoms with Crippen molar-refractivity contribution >= 4 is 16.0 Å². The van der Waals surface area contributed by atoms with Crippen LogP contribution in [0, 0.1) is 12.7 Å². The molecule has 1 rings (SSSR count). The maximum absolute atomic E-state index is 12.9. The van der Waals surface area contributed by atoms with Crippen LogP contribution in [0.5, 0.6) is 0 Å². The minimum absolute atomic E-state index is 0.115. The van der Waals surface area contributed by atoms with Gasteiger partial charge in [0.05, 0.1) is 4.90 Å². The van der Waals surface area contributed by atoms with Crippen LogP contribution in [0.1, 0.15) is 25.3 Å². The van der Waals surface area contributed by atoms with E-state index in [1.165, 1.54) is 6.92 Å². The highest BCUT2D eigenvalue weighted by molar-refractivity contribution is 7.89. The number of carbonyl (C=O) groups is 1. The Labute approximate surface area is 111 Å². The number of carboxylic acid groups (broad SMARTS) is 1. The first-order valence-electron chi connectivity index (χ1n) is 5.79. The van der Waals surface area contributed by atoms with Crippen LogP contribution >= 0.6 is 0 Å². The van der Waals surface area contributed by atoms with E-state index in [4.69, 9.17) is 5.11 Å². The molecule has 0 aliphatic carbocycles. The molecule has 0 unspecified atom stereocenters. The van der Waals surface area contributed by atoms with Crippen LogP contribution in [0.3, 0.4) is 0 Å². The summed E-state index contributed by atoms with van der Waals surface area (Å²) in [5.74, 6) is -1.77. The van der Waals surface area contributed by atoms with E-state index in [9.17, 15) is 17.6 Å². The van der Waals surface area contributed by atoms with Gasteiger partial charge in [-0.3, -0.25) is 4.79 Å². The molecule has 1 aromatic rings. The Bertz CT molecular complexity index is 571. The van der Waals surface area contributed by atoms with Gasteiger partial charge in [-0.25, -0.2) is 12.8 Å². The summed E-state index contributed by atoms with van der Waals surface area (Å²) in [5.41, 5.74) is 0.230. The molecule has 0 bridgehead atoms. The zero-order chi connectivity index (χ0) is 14.6. The number of halogens is 1. The Balaban J connectivity index is 3.06. The van der Waals surface area contributed by atoms with Gasteiger partial charge in [0.1, 0.15) is 11.9 Å². The van der Waals surface area contributed by atoms with Crippen molar-refractivity contribution in [3.63, 3.8) is 0 Å². The molecule has 0 radical (unpaired) electrons.